The van der Waals surface area contributed by atoms with Gasteiger partial charge in [-0.1, -0.05) is 5.92 Å². The first-order chi connectivity index (χ1) is 23.7. The zero-order chi connectivity index (χ0) is 33.9. The summed E-state index contributed by atoms with van der Waals surface area (Å²) in [7, 11) is 2.23. The minimum Gasteiger partial charge on any atom is -0.508 e. The molecule has 49 heavy (non-hydrogen) atoms. The van der Waals surface area contributed by atoms with Gasteiger partial charge in [-0.25, -0.2) is 8.78 Å². The number of halogens is 2. The van der Waals surface area contributed by atoms with Crippen LogP contribution in [0.1, 0.15) is 49.7 Å². The number of hydrogen-bond donors (Lipinski definition) is 2. The number of aromatic nitrogens is 2. The molecule has 0 amide bonds. The molecule has 10 heteroatoms. The number of fused-ring (bicyclic) bond motifs is 6. The molecule has 6 heterocycles. The number of phenolic OH excluding ortho intramolecular Hbond substituents is 1. The Bertz CT molecular complexity index is 1900. The summed E-state index contributed by atoms with van der Waals surface area (Å²) in [5, 5.41) is 14.5. The fraction of sp³-hybridized carbons (Fsp3) is 0.487. The minimum atomic E-state index is -0.855. The zero-order valence-corrected chi connectivity index (χ0v) is 27.9. The maximum Gasteiger partial charge on any atom is 0.319 e. The number of phenols is 1. The lowest BCUT2D eigenvalue weighted by Crippen LogP contribution is -2.62. The van der Waals surface area contributed by atoms with Gasteiger partial charge in [0.05, 0.1) is 12.2 Å². The molecule has 5 aliphatic heterocycles. The van der Waals surface area contributed by atoms with Gasteiger partial charge in [-0.05, 0) is 92.6 Å². The molecule has 1 aromatic heterocycles. The zero-order valence-electron chi connectivity index (χ0n) is 27.9. The van der Waals surface area contributed by atoms with E-state index < -0.39 is 11.6 Å². The van der Waals surface area contributed by atoms with E-state index in [0.717, 1.165) is 45.3 Å². The van der Waals surface area contributed by atoms with Gasteiger partial charge in [0.15, 0.2) is 5.82 Å². The van der Waals surface area contributed by atoms with Gasteiger partial charge in [0.1, 0.15) is 22.9 Å². The molecule has 4 atom stereocenters. The molecule has 4 unspecified atom stereocenters. The van der Waals surface area contributed by atoms with Crippen molar-refractivity contribution >= 4 is 22.8 Å². The van der Waals surface area contributed by atoms with Crippen molar-refractivity contribution in [2.75, 3.05) is 51.3 Å². The number of terminal acetylenes is 2. The van der Waals surface area contributed by atoms with Crippen LogP contribution in [0.4, 0.5) is 14.6 Å². The van der Waals surface area contributed by atoms with Crippen LogP contribution in [0.5, 0.6) is 11.8 Å². The standard InChI is InChI=1S/C39H42F2N6O2/c1-4-6-8-24-15-29(48)16-31(30(24)7-5-2)34-33(40)17-32-36(35(34)41)43-38(44-37(32)46-18-25-9-10-26(19-46)42-25)49-23-39(13-14-39)22-47-21-27-11-12-28(47)20-45(27)3/h1-2,6,8,15-17,25-28,42,48H,7,9-14,18-23H2,3H3/b8-6-. The SMILES string of the molecule is C#C/C=C\c1cc(O)cc(-c2c(F)cc3c(N4CC5CCC(C4)N5)nc(OCC4(CN5CC6CCC5CN6C)CC4)nc3c2F)c1CC#C. The Kier molecular flexibility index (Phi) is 8.22. The van der Waals surface area contributed by atoms with Crippen molar-refractivity contribution in [1.29, 1.82) is 0 Å². The van der Waals surface area contributed by atoms with Gasteiger partial charge < -0.3 is 25.0 Å². The molecule has 6 aliphatic rings. The fourth-order valence-corrected chi connectivity index (χ4v) is 8.66. The number of rotatable bonds is 9. The van der Waals surface area contributed by atoms with Gasteiger partial charge in [-0.3, -0.25) is 4.90 Å². The fourth-order valence-electron chi connectivity index (χ4n) is 8.66. The molecular formula is C39H42F2N6O2. The highest BCUT2D eigenvalue weighted by Gasteiger charge is 2.48. The molecule has 254 valence electrons. The van der Waals surface area contributed by atoms with Crippen molar-refractivity contribution in [2.45, 2.75) is 69.1 Å². The molecule has 5 saturated heterocycles. The van der Waals surface area contributed by atoms with Crippen LogP contribution in [0.15, 0.2) is 24.3 Å². The molecule has 1 saturated carbocycles. The first-order valence-corrected chi connectivity index (χ1v) is 17.4. The van der Waals surface area contributed by atoms with Crippen LogP contribution in [0.25, 0.3) is 28.1 Å². The van der Waals surface area contributed by atoms with Crippen molar-refractivity contribution in [3.8, 4) is 47.6 Å². The summed E-state index contributed by atoms with van der Waals surface area (Å²) in [6.45, 7) is 4.95. The summed E-state index contributed by atoms with van der Waals surface area (Å²) in [6.07, 6.45) is 21.0. The van der Waals surface area contributed by atoms with Crippen molar-refractivity contribution in [1.82, 2.24) is 25.1 Å². The third kappa shape index (κ3) is 6.01. The Morgan fingerprint density at radius 1 is 1.04 bits per heavy atom. The first kappa shape index (κ1) is 32.0. The topological polar surface area (TPSA) is 77.0 Å². The largest absolute Gasteiger partial charge is 0.508 e. The monoisotopic (exact) mass is 664 g/mol. The lowest BCUT2D eigenvalue weighted by Gasteiger charge is -2.51. The Hall–Kier alpha value is -4.22. The van der Waals surface area contributed by atoms with Gasteiger partial charge >= 0.3 is 6.01 Å². The molecule has 4 bridgehead atoms. The molecule has 2 aromatic carbocycles. The van der Waals surface area contributed by atoms with Crippen LogP contribution in [0, 0.1) is 41.7 Å². The molecule has 0 spiro atoms. The normalized spacial score (nSPS) is 25.9. The van der Waals surface area contributed by atoms with Gasteiger partial charge in [-0.2, -0.15) is 9.97 Å². The quantitative estimate of drug-likeness (QED) is 0.311. The Labute approximate surface area is 286 Å². The second-order valence-corrected chi connectivity index (χ2v) is 14.8. The van der Waals surface area contributed by atoms with Crippen LogP contribution in [0.2, 0.25) is 0 Å². The number of ether oxygens (including phenoxy) is 1. The lowest BCUT2D eigenvalue weighted by molar-refractivity contribution is -0.0211. The molecule has 0 radical (unpaired) electrons. The van der Waals surface area contributed by atoms with E-state index in [1.807, 2.05) is 0 Å². The molecule has 1 aliphatic carbocycles. The van der Waals surface area contributed by atoms with E-state index in [-0.39, 0.29) is 57.7 Å². The number of anilines is 1. The van der Waals surface area contributed by atoms with E-state index in [4.69, 9.17) is 22.6 Å². The van der Waals surface area contributed by atoms with E-state index in [1.165, 1.54) is 37.1 Å². The number of hydrogen-bond acceptors (Lipinski definition) is 8. The summed E-state index contributed by atoms with van der Waals surface area (Å²) in [6, 6.07) is 5.96. The predicted octanol–water partition coefficient (Wildman–Crippen LogP) is 4.98. The van der Waals surface area contributed by atoms with Gasteiger partial charge in [0.25, 0.3) is 0 Å². The van der Waals surface area contributed by atoms with Gasteiger partial charge in [0, 0.05) is 74.1 Å². The van der Waals surface area contributed by atoms with E-state index in [2.05, 4.69) is 43.9 Å². The van der Waals surface area contributed by atoms with E-state index in [0.29, 0.717) is 48.7 Å². The van der Waals surface area contributed by atoms with Gasteiger partial charge in [0.2, 0.25) is 0 Å². The minimum absolute atomic E-state index is 0.0170. The lowest BCUT2D eigenvalue weighted by atomic mass is 9.90. The maximum atomic E-state index is 16.9. The van der Waals surface area contributed by atoms with Crippen LogP contribution in [-0.2, 0) is 6.42 Å². The number of likely N-dealkylation sites (N-methyl/N-ethyl adjacent to an activating group) is 1. The van der Waals surface area contributed by atoms with Crippen LogP contribution in [-0.4, -0.2) is 95.4 Å². The smallest absolute Gasteiger partial charge is 0.319 e. The van der Waals surface area contributed by atoms with Crippen LogP contribution >= 0.6 is 0 Å². The molecule has 3 aromatic rings. The van der Waals surface area contributed by atoms with E-state index in [1.54, 1.807) is 6.08 Å². The highest BCUT2D eigenvalue weighted by atomic mass is 19.1. The van der Waals surface area contributed by atoms with Crippen LogP contribution in [0.3, 0.4) is 0 Å². The highest BCUT2D eigenvalue weighted by molar-refractivity contribution is 5.94. The van der Waals surface area contributed by atoms with Crippen molar-refractivity contribution in [3.63, 3.8) is 0 Å². The highest BCUT2D eigenvalue weighted by Crippen LogP contribution is 2.48. The summed E-state index contributed by atoms with van der Waals surface area (Å²) in [5.41, 5.74) is 0.776. The summed E-state index contributed by atoms with van der Waals surface area (Å²) in [4.78, 5) is 16.7. The number of allylic oxidation sites excluding steroid dienone is 1. The number of aromatic hydroxyl groups is 1. The third-order valence-corrected chi connectivity index (χ3v) is 11.5. The maximum absolute atomic E-state index is 16.9. The number of piperidine rings is 2. The third-order valence-electron chi connectivity index (χ3n) is 11.5. The Balaban J connectivity index is 1.18. The number of nitrogens with one attached hydrogen (secondary N) is 1. The molecule has 9 rings (SSSR count). The van der Waals surface area contributed by atoms with E-state index in [9.17, 15) is 5.11 Å². The average molecular weight is 665 g/mol. The van der Waals surface area contributed by atoms with Crippen LogP contribution < -0.4 is 15.0 Å². The molecular weight excluding hydrogens is 622 g/mol. The summed E-state index contributed by atoms with van der Waals surface area (Å²) in [5.74, 6) is 3.65. The average Bonchev–Trinajstić information content (AvgIpc) is 3.77. The summed E-state index contributed by atoms with van der Waals surface area (Å²) >= 11 is 0. The van der Waals surface area contributed by atoms with Crippen molar-refractivity contribution < 1.29 is 18.6 Å². The Morgan fingerprint density at radius 3 is 2.49 bits per heavy atom. The van der Waals surface area contributed by atoms with Crippen molar-refractivity contribution in [2.24, 2.45) is 5.41 Å². The first-order valence-electron chi connectivity index (χ1n) is 17.4. The second kappa shape index (κ2) is 12.6. The molecule has 2 N–H and O–H groups in total. The number of piperazine rings is 2. The summed E-state index contributed by atoms with van der Waals surface area (Å²) < 4.78 is 39.6. The Morgan fingerprint density at radius 2 is 1.82 bits per heavy atom. The number of benzene rings is 2. The molecule has 6 fully saturated rings. The van der Waals surface area contributed by atoms with Crippen molar-refractivity contribution in [3.05, 3.63) is 47.0 Å². The molecule has 8 nitrogen and oxygen atoms in total. The number of nitrogens with zero attached hydrogens (tertiary/aromatic N) is 5. The van der Waals surface area contributed by atoms with E-state index >= 15 is 8.78 Å². The van der Waals surface area contributed by atoms with Gasteiger partial charge in [-0.15, -0.1) is 18.8 Å². The second-order valence-electron chi connectivity index (χ2n) is 14.8. The predicted molar refractivity (Wildman–Crippen MR) is 187 cm³/mol.